The Bertz CT molecular complexity index is 453. The second-order valence-electron chi connectivity index (χ2n) is 4.37. The number of hydrogen-bond donors (Lipinski definition) is 1. The summed E-state index contributed by atoms with van der Waals surface area (Å²) in [6.45, 7) is 5.98. The fourth-order valence-electron chi connectivity index (χ4n) is 1.98. The standard InChI is InChI=1S/C12H17N3O3/c1-4-10(16)18-12-8(3)7(2)11(17)15(12)9-5-6-13-14-9/h12-13H,4-6H2,1-3H3. The minimum atomic E-state index is -0.636. The van der Waals surface area contributed by atoms with Gasteiger partial charge in [0, 0.05) is 25.0 Å². The summed E-state index contributed by atoms with van der Waals surface area (Å²) in [5.41, 5.74) is 4.22. The van der Waals surface area contributed by atoms with Gasteiger partial charge in [0.1, 0.15) is 5.84 Å². The SMILES string of the molecule is CCC(=O)OC1C(C)=C(C)C(=O)N1C1=NNCC1. The first kappa shape index (κ1) is 12.6. The van der Waals surface area contributed by atoms with E-state index in [0.717, 1.165) is 5.57 Å². The minimum absolute atomic E-state index is 0.135. The normalized spacial score (nSPS) is 23.3. The molecule has 6 nitrogen and oxygen atoms in total. The number of hydrogen-bond acceptors (Lipinski definition) is 5. The molecule has 0 aromatic heterocycles. The first-order valence-corrected chi connectivity index (χ1v) is 6.06. The van der Waals surface area contributed by atoms with Crippen LogP contribution in [0.1, 0.15) is 33.6 Å². The number of esters is 1. The van der Waals surface area contributed by atoms with Crippen LogP contribution in [0.25, 0.3) is 0 Å². The second-order valence-corrected chi connectivity index (χ2v) is 4.37. The zero-order valence-electron chi connectivity index (χ0n) is 10.8. The number of nitrogens with one attached hydrogen (secondary N) is 1. The van der Waals surface area contributed by atoms with Crippen molar-refractivity contribution >= 4 is 17.7 Å². The Morgan fingerprint density at radius 2 is 2.28 bits per heavy atom. The molecule has 1 N–H and O–H groups in total. The molecule has 1 unspecified atom stereocenters. The van der Waals surface area contributed by atoms with Crippen molar-refractivity contribution in [2.45, 2.75) is 39.8 Å². The topological polar surface area (TPSA) is 71.0 Å². The molecule has 0 aliphatic carbocycles. The molecule has 1 amide bonds. The summed E-state index contributed by atoms with van der Waals surface area (Å²) < 4.78 is 5.34. The minimum Gasteiger partial charge on any atom is -0.437 e. The highest BCUT2D eigenvalue weighted by Crippen LogP contribution is 2.28. The Kier molecular flexibility index (Phi) is 3.36. The van der Waals surface area contributed by atoms with Crippen molar-refractivity contribution in [3.05, 3.63) is 11.1 Å². The largest absolute Gasteiger partial charge is 0.437 e. The number of nitrogens with zero attached hydrogens (tertiary/aromatic N) is 2. The van der Waals surface area contributed by atoms with Crippen molar-refractivity contribution in [2.75, 3.05) is 6.54 Å². The van der Waals surface area contributed by atoms with Crippen LogP contribution in [-0.4, -0.2) is 35.4 Å². The predicted octanol–water partition coefficient (Wildman–Crippen LogP) is 0.751. The Morgan fingerprint density at radius 1 is 1.56 bits per heavy atom. The summed E-state index contributed by atoms with van der Waals surface area (Å²) in [4.78, 5) is 25.1. The van der Waals surface area contributed by atoms with Gasteiger partial charge in [-0.15, -0.1) is 0 Å². The van der Waals surface area contributed by atoms with Gasteiger partial charge in [-0.3, -0.25) is 14.5 Å². The molecule has 6 heteroatoms. The fraction of sp³-hybridized carbons (Fsp3) is 0.583. The van der Waals surface area contributed by atoms with E-state index in [0.29, 0.717) is 24.4 Å². The van der Waals surface area contributed by atoms with Crippen molar-refractivity contribution in [3.8, 4) is 0 Å². The van der Waals surface area contributed by atoms with Gasteiger partial charge in [0.15, 0.2) is 0 Å². The maximum Gasteiger partial charge on any atom is 0.307 e. The van der Waals surface area contributed by atoms with Gasteiger partial charge in [-0.2, -0.15) is 5.10 Å². The molecule has 18 heavy (non-hydrogen) atoms. The summed E-state index contributed by atoms with van der Waals surface area (Å²) >= 11 is 0. The van der Waals surface area contributed by atoms with Crippen molar-refractivity contribution in [1.82, 2.24) is 10.3 Å². The third kappa shape index (κ3) is 1.98. The van der Waals surface area contributed by atoms with Crippen molar-refractivity contribution in [1.29, 1.82) is 0 Å². The summed E-state index contributed by atoms with van der Waals surface area (Å²) in [5, 5.41) is 4.07. The van der Waals surface area contributed by atoms with Crippen LogP contribution in [0.2, 0.25) is 0 Å². The molecule has 2 aliphatic heterocycles. The molecule has 0 bridgehead atoms. The number of amidine groups is 1. The predicted molar refractivity (Wildman–Crippen MR) is 65.4 cm³/mol. The van der Waals surface area contributed by atoms with Gasteiger partial charge in [0.2, 0.25) is 6.23 Å². The van der Waals surface area contributed by atoms with E-state index in [1.165, 1.54) is 4.90 Å². The van der Waals surface area contributed by atoms with Gasteiger partial charge < -0.3 is 10.2 Å². The lowest BCUT2D eigenvalue weighted by Crippen LogP contribution is -2.42. The number of carbonyl (C=O) groups is 2. The molecular weight excluding hydrogens is 234 g/mol. The van der Waals surface area contributed by atoms with E-state index in [2.05, 4.69) is 10.5 Å². The van der Waals surface area contributed by atoms with E-state index in [4.69, 9.17) is 4.74 Å². The Labute approximate surface area is 106 Å². The van der Waals surface area contributed by atoms with Crippen LogP contribution in [0.3, 0.4) is 0 Å². The third-order valence-corrected chi connectivity index (χ3v) is 3.21. The van der Waals surface area contributed by atoms with E-state index in [9.17, 15) is 9.59 Å². The number of rotatable bonds is 2. The number of carbonyl (C=O) groups excluding carboxylic acids is 2. The smallest absolute Gasteiger partial charge is 0.307 e. The zero-order chi connectivity index (χ0) is 13.3. The van der Waals surface area contributed by atoms with Gasteiger partial charge in [-0.05, 0) is 19.4 Å². The molecule has 0 fully saturated rings. The quantitative estimate of drug-likeness (QED) is 0.735. The van der Waals surface area contributed by atoms with Gasteiger partial charge in [-0.1, -0.05) is 6.92 Å². The van der Waals surface area contributed by atoms with Crippen LogP contribution >= 0.6 is 0 Å². The molecule has 0 spiro atoms. The lowest BCUT2D eigenvalue weighted by atomic mass is 10.2. The average molecular weight is 251 g/mol. The second kappa shape index (κ2) is 4.80. The molecule has 2 rings (SSSR count). The van der Waals surface area contributed by atoms with E-state index >= 15 is 0 Å². The van der Waals surface area contributed by atoms with Gasteiger partial charge in [0.25, 0.3) is 5.91 Å². The van der Waals surface area contributed by atoms with Crippen molar-refractivity contribution in [2.24, 2.45) is 5.10 Å². The monoisotopic (exact) mass is 251 g/mol. The zero-order valence-corrected chi connectivity index (χ0v) is 10.8. The summed E-state index contributed by atoms with van der Waals surface area (Å²) in [5.74, 6) is 0.173. The lowest BCUT2D eigenvalue weighted by Gasteiger charge is -2.25. The molecule has 0 aromatic carbocycles. The van der Waals surface area contributed by atoms with E-state index in [1.54, 1.807) is 13.8 Å². The number of amides is 1. The molecule has 0 saturated carbocycles. The van der Waals surface area contributed by atoms with Gasteiger partial charge in [0.05, 0.1) is 0 Å². The Morgan fingerprint density at radius 3 is 2.83 bits per heavy atom. The van der Waals surface area contributed by atoms with Crippen LogP contribution in [0.15, 0.2) is 16.2 Å². The number of ether oxygens (including phenoxy) is 1. The van der Waals surface area contributed by atoms with E-state index < -0.39 is 6.23 Å². The van der Waals surface area contributed by atoms with Crippen LogP contribution < -0.4 is 5.43 Å². The van der Waals surface area contributed by atoms with Crippen LogP contribution in [0.5, 0.6) is 0 Å². The molecule has 1 atom stereocenters. The molecule has 2 aliphatic rings. The number of hydrazone groups is 1. The summed E-state index contributed by atoms with van der Waals surface area (Å²) in [6.07, 6.45) is 0.311. The third-order valence-electron chi connectivity index (χ3n) is 3.21. The molecule has 2 heterocycles. The maximum absolute atomic E-state index is 12.2. The fourth-order valence-corrected chi connectivity index (χ4v) is 1.98. The maximum atomic E-state index is 12.2. The van der Waals surface area contributed by atoms with Gasteiger partial charge >= 0.3 is 5.97 Å². The summed E-state index contributed by atoms with van der Waals surface area (Å²) in [7, 11) is 0. The highest BCUT2D eigenvalue weighted by Gasteiger charge is 2.40. The molecule has 0 aromatic rings. The van der Waals surface area contributed by atoms with Crippen LogP contribution in [0.4, 0.5) is 0 Å². The van der Waals surface area contributed by atoms with Gasteiger partial charge in [-0.25, -0.2) is 0 Å². The summed E-state index contributed by atoms with van der Waals surface area (Å²) in [6, 6.07) is 0. The molecule has 98 valence electrons. The van der Waals surface area contributed by atoms with E-state index in [-0.39, 0.29) is 18.3 Å². The highest BCUT2D eigenvalue weighted by molar-refractivity contribution is 6.09. The molecular formula is C12H17N3O3. The molecule has 0 radical (unpaired) electrons. The first-order chi connectivity index (χ1) is 8.56. The first-order valence-electron chi connectivity index (χ1n) is 6.06. The Hall–Kier alpha value is -1.85. The highest BCUT2D eigenvalue weighted by atomic mass is 16.6. The van der Waals surface area contributed by atoms with Crippen LogP contribution in [0, 0.1) is 0 Å². The van der Waals surface area contributed by atoms with Crippen molar-refractivity contribution < 1.29 is 14.3 Å². The van der Waals surface area contributed by atoms with Crippen molar-refractivity contribution in [3.63, 3.8) is 0 Å². The molecule has 0 saturated heterocycles. The van der Waals surface area contributed by atoms with Crippen LogP contribution in [-0.2, 0) is 14.3 Å². The van der Waals surface area contributed by atoms with E-state index in [1.807, 2.05) is 6.92 Å². The Balaban J connectivity index is 2.26. The lowest BCUT2D eigenvalue weighted by molar-refractivity contribution is -0.153. The average Bonchev–Trinajstić information content (AvgIpc) is 2.94.